The van der Waals surface area contributed by atoms with E-state index in [-0.39, 0.29) is 28.8 Å². The quantitative estimate of drug-likeness (QED) is 0.839. The number of hydrogen-bond donors (Lipinski definition) is 1. The molecule has 0 spiro atoms. The average Bonchev–Trinajstić information content (AvgIpc) is 3.20. The number of ether oxygens (including phenoxy) is 1. The first-order valence-corrected chi connectivity index (χ1v) is 8.96. The molecule has 2 fully saturated rings. The van der Waals surface area contributed by atoms with Gasteiger partial charge in [0.2, 0.25) is 5.43 Å². The number of amides is 1. The fourth-order valence-corrected chi connectivity index (χ4v) is 4.71. The topological polar surface area (TPSA) is 79.5 Å². The Balaban J connectivity index is 1.69. The van der Waals surface area contributed by atoms with Crippen LogP contribution in [-0.4, -0.2) is 42.0 Å². The van der Waals surface area contributed by atoms with Gasteiger partial charge in [-0.1, -0.05) is 18.6 Å². The molecule has 1 saturated heterocycles. The van der Waals surface area contributed by atoms with E-state index in [1.54, 1.807) is 11.0 Å². The number of esters is 1. The zero-order valence-electron chi connectivity index (χ0n) is 15.0. The van der Waals surface area contributed by atoms with Crippen LogP contribution in [0.2, 0.25) is 0 Å². The lowest BCUT2D eigenvalue weighted by Gasteiger charge is -2.25. The molecular formula is C20H22N2O4. The van der Waals surface area contributed by atoms with Gasteiger partial charge in [0.25, 0.3) is 5.91 Å². The number of carbonyl (C=O) groups is 2. The minimum Gasteiger partial charge on any atom is -0.469 e. The zero-order chi connectivity index (χ0) is 18.5. The Labute approximate surface area is 151 Å². The van der Waals surface area contributed by atoms with E-state index < -0.39 is 5.41 Å². The van der Waals surface area contributed by atoms with E-state index in [2.05, 4.69) is 4.98 Å². The second-order valence-electron chi connectivity index (χ2n) is 7.45. The van der Waals surface area contributed by atoms with E-state index in [0.29, 0.717) is 18.5 Å². The van der Waals surface area contributed by atoms with Gasteiger partial charge in [-0.05, 0) is 37.3 Å². The van der Waals surface area contributed by atoms with Crippen LogP contribution >= 0.6 is 0 Å². The minimum atomic E-state index is -0.607. The van der Waals surface area contributed by atoms with Crippen molar-refractivity contribution < 1.29 is 14.3 Å². The first-order chi connectivity index (χ1) is 12.5. The third-order valence-corrected chi connectivity index (χ3v) is 6.10. The summed E-state index contributed by atoms with van der Waals surface area (Å²) in [6.45, 7) is 2.75. The molecule has 1 aliphatic carbocycles. The molecule has 2 aromatic rings. The number of H-pyrrole nitrogens is 1. The van der Waals surface area contributed by atoms with Gasteiger partial charge in [0, 0.05) is 24.7 Å². The Morgan fingerprint density at radius 2 is 2.15 bits per heavy atom. The van der Waals surface area contributed by atoms with Crippen LogP contribution in [0.25, 0.3) is 10.9 Å². The molecule has 0 radical (unpaired) electrons. The number of hydrogen-bond acceptors (Lipinski definition) is 4. The second-order valence-corrected chi connectivity index (χ2v) is 7.45. The summed E-state index contributed by atoms with van der Waals surface area (Å²) in [7, 11) is 1.40. The molecule has 1 saturated carbocycles. The highest BCUT2D eigenvalue weighted by atomic mass is 16.5. The number of pyridine rings is 1. The number of likely N-dealkylation sites (tertiary alicyclic amines) is 1. The van der Waals surface area contributed by atoms with Crippen molar-refractivity contribution >= 4 is 22.8 Å². The van der Waals surface area contributed by atoms with Crippen molar-refractivity contribution in [3.05, 3.63) is 45.7 Å². The number of fused-ring (bicyclic) bond motifs is 2. The summed E-state index contributed by atoms with van der Waals surface area (Å²) < 4.78 is 5.02. The Morgan fingerprint density at radius 1 is 1.35 bits per heavy atom. The first-order valence-electron chi connectivity index (χ1n) is 8.96. The molecule has 136 valence electrons. The van der Waals surface area contributed by atoms with Crippen LogP contribution in [0, 0.1) is 18.3 Å². The van der Waals surface area contributed by atoms with Gasteiger partial charge in [-0.3, -0.25) is 14.4 Å². The summed E-state index contributed by atoms with van der Waals surface area (Å²) >= 11 is 0. The van der Waals surface area contributed by atoms with Gasteiger partial charge < -0.3 is 14.6 Å². The molecule has 6 heteroatoms. The van der Waals surface area contributed by atoms with Crippen molar-refractivity contribution in [1.29, 1.82) is 0 Å². The predicted molar refractivity (Wildman–Crippen MR) is 97.0 cm³/mol. The van der Waals surface area contributed by atoms with E-state index in [4.69, 9.17) is 4.74 Å². The van der Waals surface area contributed by atoms with E-state index in [0.717, 1.165) is 30.3 Å². The third-order valence-electron chi connectivity index (χ3n) is 6.10. The summed E-state index contributed by atoms with van der Waals surface area (Å²) in [6.07, 6.45) is 4.12. The maximum atomic E-state index is 13.0. The molecule has 2 atom stereocenters. The van der Waals surface area contributed by atoms with E-state index in [9.17, 15) is 14.4 Å². The molecule has 1 N–H and O–H groups in total. The number of nitrogens with zero attached hydrogens (tertiary/aromatic N) is 1. The standard InChI is InChI=1S/C20H22N2O4/c1-12-5-3-7-14-16(12)21-9-15(17(14)23)18(24)22-10-13-6-4-8-20(13,11-22)19(25)26-2/h3,5,7,9,13H,4,6,8,10-11H2,1-2H3,(H,21,23). The maximum Gasteiger partial charge on any atom is 0.313 e. The lowest BCUT2D eigenvalue weighted by atomic mass is 9.81. The number of benzene rings is 1. The zero-order valence-corrected chi connectivity index (χ0v) is 15.0. The highest BCUT2D eigenvalue weighted by Gasteiger charge is 2.56. The van der Waals surface area contributed by atoms with Gasteiger partial charge in [0.1, 0.15) is 5.56 Å². The van der Waals surface area contributed by atoms with Crippen LogP contribution in [0.1, 0.15) is 35.2 Å². The Kier molecular flexibility index (Phi) is 3.86. The number of aromatic nitrogens is 1. The molecular weight excluding hydrogens is 332 g/mol. The Morgan fingerprint density at radius 3 is 2.92 bits per heavy atom. The number of carbonyl (C=O) groups excluding carboxylic acids is 2. The molecule has 2 heterocycles. The summed E-state index contributed by atoms with van der Waals surface area (Å²) in [5, 5.41) is 0.512. The predicted octanol–water partition coefficient (Wildman–Crippen LogP) is 2.25. The van der Waals surface area contributed by atoms with Crippen molar-refractivity contribution in [3.8, 4) is 0 Å². The normalized spacial score (nSPS) is 24.7. The summed E-state index contributed by atoms with van der Waals surface area (Å²) in [4.78, 5) is 43.0. The van der Waals surface area contributed by atoms with Gasteiger partial charge in [0.05, 0.1) is 18.0 Å². The van der Waals surface area contributed by atoms with Crippen molar-refractivity contribution in [2.75, 3.05) is 20.2 Å². The SMILES string of the molecule is COC(=O)C12CCCC1CN(C(=O)c1c[nH]c3c(C)cccc3c1=O)C2. The first kappa shape index (κ1) is 16.8. The minimum absolute atomic E-state index is 0.112. The second kappa shape index (κ2) is 5.97. The van der Waals surface area contributed by atoms with Gasteiger partial charge in [-0.2, -0.15) is 0 Å². The monoisotopic (exact) mass is 354 g/mol. The van der Waals surface area contributed by atoms with Crippen LogP contribution in [0.3, 0.4) is 0 Å². The lowest BCUT2D eigenvalue weighted by molar-refractivity contribution is -0.153. The number of aromatic amines is 1. The maximum absolute atomic E-state index is 13.0. The lowest BCUT2D eigenvalue weighted by Crippen LogP contribution is -2.39. The number of para-hydroxylation sites is 1. The molecule has 4 rings (SSSR count). The molecule has 26 heavy (non-hydrogen) atoms. The number of aryl methyl sites for hydroxylation is 1. The van der Waals surface area contributed by atoms with Crippen LogP contribution in [0.5, 0.6) is 0 Å². The van der Waals surface area contributed by atoms with Crippen LogP contribution in [0.15, 0.2) is 29.2 Å². The van der Waals surface area contributed by atoms with Crippen molar-refractivity contribution in [2.24, 2.45) is 11.3 Å². The van der Waals surface area contributed by atoms with Gasteiger partial charge in [0.15, 0.2) is 0 Å². The van der Waals surface area contributed by atoms with Crippen molar-refractivity contribution in [3.63, 3.8) is 0 Å². The van der Waals surface area contributed by atoms with Crippen molar-refractivity contribution in [1.82, 2.24) is 9.88 Å². The molecule has 1 aromatic heterocycles. The molecule has 1 aliphatic heterocycles. The summed E-state index contributed by atoms with van der Waals surface area (Å²) in [5.74, 6) is -0.439. The fraction of sp³-hybridized carbons (Fsp3) is 0.450. The third kappa shape index (κ3) is 2.28. The Hall–Kier alpha value is -2.63. The van der Waals surface area contributed by atoms with Crippen LogP contribution in [-0.2, 0) is 9.53 Å². The smallest absolute Gasteiger partial charge is 0.313 e. The molecule has 2 aliphatic rings. The highest BCUT2D eigenvalue weighted by molar-refractivity contribution is 5.98. The van der Waals surface area contributed by atoms with Gasteiger partial charge in [-0.15, -0.1) is 0 Å². The van der Waals surface area contributed by atoms with Crippen LogP contribution < -0.4 is 5.43 Å². The molecule has 2 unspecified atom stereocenters. The van der Waals surface area contributed by atoms with Crippen molar-refractivity contribution in [2.45, 2.75) is 26.2 Å². The van der Waals surface area contributed by atoms with E-state index >= 15 is 0 Å². The summed E-state index contributed by atoms with van der Waals surface area (Å²) in [6, 6.07) is 5.46. The van der Waals surface area contributed by atoms with Crippen LogP contribution in [0.4, 0.5) is 0 Å². The average molecular weight is 354 g/mol. The summed E-state index contributed by atoms with van der Waals surface area (Å²) in [5.41, 5.74) is 0.960. The highest BCUT2D eigenvalue weighted by Crippen LogP contribution is 2.49. The van der Waals surface area contributed by atoms with E-state index in [1.807, 2.05) is 19.1 Å². The number of nitrogens with one attached hydrogen (secondary N) is 1. The number of rotatable bonds is 2. The molecule has 1 amide bonds. The molecule has 1 aromatic carbocycles. The molecule has 0 bridgehead atoms. The molecule has 6 nitrogen and oxygen atoms in total. The fourth-order valence-electron chi connectivity index (χ4n) is 4.71. The largest absolute Gasteiger partial charge is 0.469 e. The number of methoxy groups -OCH3 is 1. The Bertz CT molecular complexity index is 964. The van der Waals surface area contributed by atoms with E-state index in [1.165, 1.54) is 13.3 Å². The van der Waals surface area contributed by atoms with Gasteiger partial charge in [-0.25, -0.2) is 0 Å². The van der Waals surface area contributed by atoms with Gasteiger partial charge >= 0.3 is 5.97 Å².